The molecule has 2 fully saturated rings. The SMILES string of the molecule is CNC=C(c1cc2c(cc1C(F)F)N(C1NN(C3CCN(CC4CCNCC4)CC3)C3=C1CN(C(C)=O)CC3)CCC2)C(C)N. The molecule has 248 valence electrons. The zero-order chi connectivity index (χ0) is 31.7. The Balaban J connectivity index is 1.27. The molecule has 5 heterocycles. The first-order valence-electron chi connectivity index (χ1n) is 17.1. The van der Waals surface area contributed by atoms with Crippen LogP contribution in [0.4, 0.5) is 14.5 Å². The lowest BCUT2D eigenvalue weighted by Crippen LogP contribution is -2.55. The van der Waals surface area contributed by atoms with E-state index in [1.54, 1.807) is 26.2 Å². The number of rotatable bonds is 8. The normalized spacial score (nSPS) is 24.7. The molecular weight excluding hydrogens is 574 g/mol. The number of amides is 1. The molecular formula is C34H52F2N8O. The number of nitrogens with zero attached hydrogens (tertiary/aromatic N) is 4. The predicted octanol–water partition coefficient (Wildman–Crippen LogP) is 3.40. The molecule has 5 N–H and O–H groups in total. The number of piperidine rings is 2. The lowest BCUT2D eigenvalue weighted by Gasteiger charge is -2.42. The van der Waals surface area contributed by atoms with Crippen molar-refractivity contribution in [2.75, 3.05) is 64.3 Å². The number of nitrogens with one attached hydrogen (secondary N) is 3. The first-order valence-corrected chi connectivity index (χ1v) is 17.1. The maximum Gasteiger partial charge on any atom is 0.264 e. The van der Waals surface area contributed by atoms with Crippen LogP contribution in [0, 0.1) is 5.92 Å². The molecule has 11 heteroatoms. The Labute approximate surface area is 267 Å². The average Bonchev–Trinajstić information content (AvgIpc) is 3.42. The van der Waals surface area contributed by atoms with Crippen LogP contribution < -0.4 is 26.7 Å². The van der Waals surface area contributed by atoms with Crippen molar-refractivity contribution >= 4 is 17.2 Å². The first-order chi connectivity index (χ1) is 21.7. The summed E-state index contributed by atoms with van der Waals surface area (Å²) in [6.07, 6.45) is 6.20. The van der Waals surface area contributed by atoms with Crippen molar-refractivity contribution in [1.29, 1.82) is 0 Å². The largest absolute Gasteiger partial charge is 0.394 e. The summed E-state index contributed by atoms with van der Waals surface area (Å²) < 4.78 is 29.3. The molecule has 2 atom stereocenters. The molecule has 1 amide bonds. The average molecular weight is 627 g/mol. The van der Waals surface area contributed by atoms with Gasteiger partial charge in [0.2, 0.25) is 5.91 Å². The Kier molecular flexibility index (Phi) is 9.99. The van der Waals surface area contributed by atoms with Gasteiger partial charge in [0.05, 0.1) is 0 Å². The van der Waals surface area contributed by atoms with Crippen molar-refractivity contribution in [3.63, 3.8) is 0 Å². The molecule has 0 saturated carbocycles. The van der Waals surface area contributed by atoms with Crippen molar-refractivity contribution in [1.82, 2.24) is 30.9 Å². The third-order valence-corrected chi connectivity index (χ3v) is 10.6. The van der Waals surface area contributed by atoms with Crippen LogP contribution >= 0.6 is 0 Å². The van der Waals surface area contributed by atoms with Crippen LogP contribution in [0.3, 0.4) is 0 Å². The third-order valence-electron chi connectivity index (χ3n) is 10.6. The molecule has 1 aromatic rings. The molecule has 6 rings (SSSR count). The fourth-order valence-electron chi connectivity index (χ4n) is 8.21. The van der Waals surface area contributed by atoms with E-state index < -0.39 is 12.5 Å². The van der Waals surface area contributed by atoms with Gasteiger partial charge < -0.3 is 36.1 Å². The van der Waals surface area contributed by atoms with Crippen molar-refractivity contribution < 1.29 is 13.6 Å². The van der Waals surface area contributed by atoms with Gasteiger partial charge in [-0.05, 0) is 93.3 Å². The molecule has 5 aliphatic heterocycles. The lowest BCUT2D eigenvalue weighted by atomic mass is 9.89. The number of benzene rings is 1. The molecule has 2 saturated heterocycles. The van der Waals surface area contributed by atoms with Crippen molar-refractivity contribution in [3.05, 3.63) is 46.3 Å². The van der Waals surface area contributed by atoms with Gasteiger partial charge in [0, 0.05) is 100 Å². The molecule has 0 aliphatic carbocycles. The van der Waals surface area contributed by atoms with Gasteiger partial charge in [-0.1, -0.05) is 0 Å². The topological polar surface area (TPSA) is 92.1 Å². The summed E-state index contributed by atoms with van der Waals surface area (Å²) in [6, 6.07) is 3.63. The molecule has 2 unspecified atom stereocenters. The number of aryl methyl sites for hydroxylation is 1. The number of carbonyl (C=O) groups excluding carboxylic acids is 1. The van der Waals surface area contributed by atoms with E-state index in [2.05, 4.69) is 30.9 Å². The number of carbonyl (C=O) groups is 1. The highest BCUT2D eigenvalue weighted by atomic mass is 19.3. The van der Waals surface area contributed by atoms with E-state index in [1.807, 2.05) is 17.9 Å². The van der Waals surface area contributed by atoms with Crippen LogP contribution in [0.1, 0.15) is 75.5 Å². The van der Waals surface area contributed by atoms with Gasteiger partial charge in [-0.15, -0.1) is 0 Å². The Morgan fingerprint density at radius 1 is 1.11 bits per heavy atom. The van der Waals surface area contributed by atoms with Gasteiger partial charge in [0.15, 0.2) is 0 Å². The third kappa shape index (κ3) is 6.73. The van der Waals surface area contributed by atoms with Crippen LogP contribution in [0.25, 0.3) is 5.57 Å². The summed E-state index contributed by atoms with van der Waals surface area (Å²) in [6.45, 7) is 11.2. The monoisotopic (exact) mass is 626 g/mol. The highest BCUT2D eigenvalue weighted by Crippen LogP contribution is 2.41. The summed E-state index contributed by atoms with van der Waals surface area (Å²) >= 11 is 0. The minimum Gasteiger partial charge on any atom is -0.394 e. The van der Waals surface area contributed by atoms with Crippen LogP contribution in [-0.2, 0) is 11.2 Å². The lowest BCUT2D eigenvalue weighted by molar-refractivity contribution is -0.128. The summed E-state index contributed by atoms with van der Waals surface area (Å²) in [4.78, 5) is 19.4. The molecule has 0 aromatic heterocycles. The van der Waals surface area contributed by atoms with Crippen molar-refractivity contribution in [3.8, 4) is 0 Å². The molecule has 1 aromatic carbocycles. The van der Waals surface area contributed by atoms with E-state index in [-0.39, 0.29) is 17.6 Å². The fraction of sp³-hybridized carbons (Fsp3) is 0.676. The van der Waals surface area contributed by atoms with E-state index in [4.69, 9.17) is 5.73 Å². The maximum atomic E-state index is 14.7. The molecule has 0 radical (unpaired) electrons. The number of halogens is 2. The van der Waals surface area contributed by atoms with Gasteiger partial charge in [0.25, 0.3) is 6.43 Å². The number of hydrazine groups is 1. The summed E-state index contributed by atoms with van der Waals surface area (Å²) in [5.41, 5.74) is 15.8. The van der Waals surface area contributed by atoms with E-state index in [9.17, 15) is 13.6 Å². The quantitative estimate of drug-likeness (QED) is 0.349. The van der Waals surface area contributed by atoms with Crippen LogP contribution in [0.15, 0.2) is 29.6 Å². The molecule has 0 bridgehead atoms. The Hall–Kier alpha value is -2.73. The smallest absolute Gasteiger partial charge is 0.264 e. The highest BCUT2D eigenvalue weighted by Gasteiger charge is 2.43. The number of hydrogen-bond acceptors (Lipinski definition) is 8. The van der Waals surface area contributed by atoms with Crippen LogP contribution in [0.5, 0.6) is 0 Å². The molecule has 9 nitrogen and oxygen atoms in total. The second-order valence-corrected chi connectivity index (χ2v) is 13.6. The van der Waals surface area contributed by atoms with E-state index in [0.717, 1.165) is 82.0 Å². The van der Waals surface area contributed by atoms with Crippen molar-refractivity contribution in [2.24, 2.45) is 11.7 Å². The number of likely N-dealkylation sites (tertiary alicyclic amines) is 1. The Bertz CT molecular complexity index is 1280. The number of hydrogen-bond donors (Lipinski definition) is 4. The zero-order valence-electron chi connectivity index (χ0n) is 27.3. The number of nitrogens with two attached hydrogens (primary N) is 1. The maximum absolute atomic E-state index is 14.7. The van der Waals surface area contributed by atoms with Gasteiger partial charge in [0.1, 0.15) is 6.17 Å². The van der Waals surface area contributed by atoms with E-state index in [1.165, 1.54) is 30.7 Å². The second-order valence-electron chi connectivity index (χ2n) is 13.6. The van der Waals surface area contributed by atoms with Crippen LogP contribution in [-0.4, -0.2) is 98.4 Å². The molecule has 45 heavy (non-hydrogen) atoms. The zero-order valence-corrected chi connectivity index (χ0v) is 27.3. The van der Waals surface area contributed by atoms with Crippen LogP contribution in [0.2, 0.25) is 0 Å². The van der Waals surface area contributed by atoms with Gasteiger partial charge in [-0.25, -0.2) is 14.2 Å². The number of alkyl halides is 2. The number of anilines is 1. The van der Waals surface area contributed by atoms with Gasteiger partial charge >= 0.3 is 0 Å². The number of fused-ring (bicyclic) bond motifs is 1. The van der Waals surface area contributed by atoms with Gasteiger partial charge in [-0.2, -0.15) is 0 Å². The Morgan fingerprint density at radius 3 is 2.53 bits per heavy atom. The predicted molar refractivity (Wildman–Crippen MR) is 175 cm³/mol. The summed E-state index contributed by atoms with van der Waals surface area (Å²) in [5.74, 6) is 0.867. The minimum atomic E-state index is -2.63. The molecule has 0 spiro atoms. The fourth-order valence-corrected chi connectivity index (χ4v) is 8.21. The van der Waals surface area contributed by atoms with E-state index >= 15 is 0 Å². The molecule has 5 aliphatic rings. The van der Waals surface area contributed by atoms with Gasteiger partial charge in [-0.3, -0.25) is 4.79 Å². The minimum absolute atomic E-state index is 0.0126. The van der Waals surface area contributed by atoms with Crippen molar-refractivity contribution in [2.45, 2.75) is 83.5 Å². The summed E-state index contributed by atoms with van der Waals surface area (Å²) in [7, 11) is 1.76. The Morgan fingerprint density at radius 2 is 1.87 bits per heavy atom. The van der Waals surface area contributed by atoms with E-state index in [0.29, 0.717) is 30.3 Å². The standard InChI is InChI=1S/C34H52F2N8O/c1-22(37)29(19-38-3)27-17-25-5-4-13-43(32(25)18-28(27)33(35)36)34-30-21-42(23(2)45)16-10-31(30)44(40-34)26-8-14-41(15-9-26)20-24-6-11-39-12-7-24/h17-19,22,24,26,33-34,38-40H,4-16,20-21,37H2,1-3H3. The summed E-state index contributed by atoms with van der Waals surface area (Å²) in [5, 5.41) is 8.89. The second kappa shape index (κ2) is 13.9. The highest BCUT2D eigenvalue weighted by molar-refractivity contribution is 5.76. The first kappa shape index (κ1) is 32.2.